The summed E-state index contributed by atoms with van der Waals surface area (Å²) < 4.78 is 10.5. The van der Waals surface area contributed by atoms with Crippen molar-refractivity contribution < 1.29 is 9.47 Å². The third-order valence-electron chi connectivity index (χ3n) is 1.95. The van der Waals surface area contributed by atoms with Gasteiger partial charge in [-0.25, -0.2) is 0 Å². The third kappa shape index (κ3) is 1.17. The number of nitrogens with zero attached hydrogens (tertiary/aromatic N) is 1. The Hall–Kier alpha value is -0.120. The fraction of sp³-hybridized carbons (Fsp3) is 0.857. The van der Waals surface area contributed by atoms with E-state index in [1.807, 2.05) is 0 Å². The Morgan fingerprint density at radius 1 is 1.10 bits per heavy atom. The predicted octanol–water partition coefficient (Wildman–Crippen LogP) is 0.228. The van der Waals surface area contributed by atoms with Crippen LogP contribution in [0, 0.1) is 6.23 Å². The van der Waals surface area contributed by atoms with Crippen LogP contribution in [0.1, 0.15) is 6.42 Å². The van der Waals surface area contributed by atoms with E-state index >= 15 is 0 Å². The lowest BCUT2D eigenvalue weighted by Gasteiger charge is -2.37. The zero-order valence-corrected chi connectivity index (χ0v) is 6.01. The van der Waals surface area contributed by atoms with Crippen LogP contribution in [0.15, 0.2) is 0 Å². The highest BCUT2D eigenvalue weighted by Crippen LogP contribution is 2.24. The van der Waals surface area contributed by atoms with Gasteiger partial charge in [0.25, 0.3) is 0 Å². The van der Waals surface area contributed by atoms with Gasteiger partial charge in [-0.15, -0.1) is 0 Å². The molecule has 0 aromatic rings. The zero-order chi connectivity index (χ0) is 6.81. The maximum atomic E-state index is 5.26. The molecule has 0 bridgehead atoms. The van der Waals surface area contributed by atoms with Gasteiger partial charge in [-0.3, -0.25) is 4.90 Å². The maximum Gasteiger partial charge on any atom is 0.167 e. The van der Waals surface area contributed by atoms with Crippen molar-refractivity contribution in [2.24, 2.45) is 0 Å². The molecule has 1 radical (unpaired) electrons. The summed E-state index contributed by atoms with van der Waals surface area (Å²) in [4.78, 5) is 2.27. The van der Waals surface area contributed by atoms with Gasteiger partial charge in [-0.05, 0) is 0 Å². The SMILES string of the molecule is C1CN([C]2CCO2)CCO1. The largest absolute Gasteiger partial charge is 0.379 e. The maximum absolute atomic E-state index is 5.26. The smallest absolute Gasteiger partial charge is 0.167 e. The fourth-order valence-electron chi connectivity index (χ4n) is 1.26. The highest BCUT2D eigenvalue weighted by molar-refractivity contribution is 4.87. The van der Waals surface area contributed by atoms with Crippen molar-refractivity contribution in [1.29, 1.82) is 0 Å². The van der Waals surface area contributed by atoms with E-state index in [4.69, 9.17) is 9.47 Å². The molecule has 0 aromatic heterocycles. The van der Waals surface area contributed by atoms with Gasteiger partial charge in [0.15, 0.2) is 6.23 Å². The van der Waals surface area contributed by atoms with Crippen LogP contribution in [0.5, 0.6) is 0 Å². The fourth-order valence-corrected chi connectivity index (χ4v) is 1.26. The van der Waals surface area contributed by atoms with Gasteiger partial charge in [-0.1, -0.05) is 0 Å². The van der Waals surface area contributed by atoms with Crippen LogP contribution in [-0.4, -0.2) is 37.8 Å². The topological polar surface area (TPSA) is 21.7 Å². The molecular formula is C7H12NO2. The molecule has 0 amide bonds. The molecule has 0 spiro atoms. The van der Waals surface area contributed by atoms with Crippen LogP contribution in [-0.2, 0) is 9.47 Å². The first-order chi connectivity index (χ1) is 4.97. The van der Waals surface area contributed by atoms with Gasteiger partial charge >= 0.3 is 0 Å². The highest BCUT2D eigenvalue weighted by atomic mass is 16.5. The summed E-state index contributed by atoms with van der Waals surface area (Å²) in [7, 11) is 0. The quantitative estimate of drug-likeness (QED) is 0.523. The molecule has 57 valence electrons. The monoisotopic (exact) mass is 142 g/mol. The average molecular weight is 142 g/mol. The van der Waals surface area contributed by atoms with Gasteiger partial charge in [0.05, 0.1) is 19.8 Å². The van der Waals surface area contributed by atoms with Crippen molar-refractivity contribution in [2.75, 3.05) is 32.9 Å². The molecule has 0 atom stereocenters. The van der Waals surface area contributed by atoms with Crippen LogP contribution in [0.3, 0.4) is 0 Å². The summed E-state index contributed by atoms with van der Waals surface area (Å²) in [6.45, 7) is 4.64. The van der Waals surface area contributed by atoms with Crippen LogP contribution in [0.25, 0.3) is 0 Å². The molecule has 0 aromatic carbocycles. The van der Waals surface area contributed by atoms with E-state index in [0.717, 1.165) is 39.3 Å². The van der Waals surface area contributed by atoms with E-state index in [0.29, 0.717) is 0 Å². The molecule has 2 aliphatic rings. The first-order valence-corrected chi connectivity index (χ1v) is 3.78. The Labute approximate surface area is 60.9 Å². The summed E-state index contributed by atoms with van der Waals surface area (Å²) in [5.41, 5.74) is 0. The van der Waals surface area contributed by atoms with Crippen molar-refractivity contribution in [3.8, 4) is 0 Å². The summed E-state index contributed by atoms with van der Waals surface area (Å²) in [6, 6.07) is 0. The van der Waals surface area contributed by atoms with Crippen molar-refractivity contribution in [3.63, 3.8) is 0 Å². The van der Waals surface area contributed by atoms with Gasteiger partial charge in [0, 0.05) is 19.5 Å². The summed E-state index contributed by atoms with van der Waals surface area (Å²) in [5.74, 6) is 0. The molecule has 0 unspecified atom stereocenters. The number of rotatable bonds is 1. The lowest BCUT2D eigenvalue weighted by Crippen LogP contribution is -2.44. The van der Waals surface area contributed by atoms with Crippen molar-refractivity contribution in [1.82, 2.24) is 4.90 Å². The van der Waals surface area contributed by atoms with E-state index in [9.17, 15) is 0 Å². The summed E-state index contributed by atoms with van der Waals surface area (Å²) in [5, 5.41) is 0. The van der Waals surface area contributed by atoms with Gasteiger partial charge in [-0.2, -0.15) is 0 Å². The van der Waals surface area contributed by atoms with E-state index in [1.54, 1.807) is 0 Å². The standard InChI is InChI=1S/C7H12NO2/c1-4-10-7(1)8-2-5-9-6-3-8/h1-6H2. The Kier molecular flexibility index (Phi) is 1.88. The summed E-state index contributed by atoms with van der Waals surface area (Å²) in [6.07, 6.45) is 2.29. The van der Waals surface area contributed by atoms with Crippen LogP contribution in [0.2, 0.25) is 0 Å². The van der Waals surface area contributed by atoms with E-state index in [1.165, 1.54) is 6.23 Å². The normalized spacial score (nSPS) is 30.0. The molecule has 2 aliphatic heterocycles. The summed E-state index contributed by atoms with van der Waals surface area (Å²) >= 11 is 0. The molecule has 0 aliphatic carbocycles. The molecule has 3 heteroatoms. The Balaban J connectivity index is 1.78. The van der Waals surface area contributed by atoms with E-state index in [-0.39, 0.29) is 0 Å². The second-order valence-electron chi connectivity index (χ2n) is 2.59. The lowest BCUT2D eigenvalue weighted by atomic mass is 10.2. The Morgan fingerprint density at radius 3 is 2.30 bits per heavy atom. The minimum absolute atomic E-state index is 0.854. The second-order valence-corrected chi connectivity index (χ2v) is 2.59. The Morgan fingerprint density at radius 2 is 1.80 bits per heavy atom. The minimum atomic E-state index is 0.854. The average Bonchev–Trinajstić information content (AvgIpc) is 1.86. The third-order valence-corrected chi connectivity index (χ3v) is 1.95. The zero-order valence-electron chi connectivity index (χ0n) is 6.01. The first kappa shape index (κ1) is 6.58. The molecular weight excluding hydrogens is 130 g/mol. The van der Waals surface area contributed by atoms with E-state index < -0.39 is 0 Å². The van der Waals surface area contributed by atoms with Gasteiger partial charge in [0.2, 0.25) is 0 Å². The van der Waals surface area contributed by atoms with Crippen molar-refractivity contribution in [3.05, 3.63) is 6.23 Å². The van der Waals surface area contributed by atoms with E-state index in [2.05, 4.69) is 4.90 Å². The minimum Gasteiger partial charge on any atom is -0.379 e. The molecule has 2 heterocycles. The number of ether oxygens (including phenoxy) is 2. The lowest BCUT2D eigenvalue weighted by molar-refractivity contribution is -0.0825. The van der Waals surface area contributed by atoms with Crippen LogP contribution >= 0.6 is 0 Å². The predicted molar refractivity (Wildman–Crippen MR) is 36.2 cm³/mol. The molecule has 0 N–H and O–H groups in total. The molecule has 2 rings (SSSR count). The number of hydrogen-bond donors (Lipinski definition) is 0. The van der Waals surface area contributed by atoms with Crippen molar-refractivity contribution >= 4 is 0 Å². The molecule has 3 nitrogen and oxygen atoms in total. The van der Waals surface area contributed by atoms with Crippen LogP contribution < -0.4 is 0 Å². The van der Waals surface area contributed by atoms with Crippen LogP contribution in [0.4, 0.5) is 0 Å². The van der Waals surface area contributed by atoms with Gasteiger partial charge in [0.1, 0.15) is 0 Å². The highest BCUT2D eigenvalue weighted by Gasteiger charge is 2.28. The molecule has 2 fully saturated rings. The molecule has 0 saturated carbocycles. The first-order valence-electron chi connectivity index (χ1n) is 3.78. The number of morpholine rings is 1. The van der Waals surface area contributed by atoms with Crippen molar-refractivity contribution in [2.45, 2.75) is 6.42 Å². The molecule has 10 heavy (non-hydrogen) atoms. The van der Waals surface area contributed by atoms with Gasteiger partial charge < -0.3 is 9.47 Å². The number of hydrogen-bond acceptors (Lipinski definition) is 3. The second kappa shape index (κ2) is 2.86. The molecule has 2 saturated heterocycles. The Bertz CT molecular complexity index is 108.